The van der Waals surface area contributed by atoms with Crippen LogP contribution in [0.4, 0.5) is 0 Å². The van der Waals surface area contributed by atoms with Gasteiger partial charge in [0.1, 0.15) is 5.57 Å². The molecule has 0 aliphatic rings. The molecule has 0 spiro atoms. The van der Waals surface area contributed by atoms with Gasteiger partial charge in [-0.15, -0.1) is 0 Å². The second kappa shape index (κ2) is 4.55. The van der Waals surface area contributed by atoms with Gasteiger partial charge in [0.2, 0.25) is 0 Å². The van der Waals surface area contributed by atoms with E-state index in [0.29, 0.717) is 6.26 Å². The lowest BCUT2D eigenvalue weighted by molar-refractivity contribution is -0.139. The summed E-state index contributed by atoms with van der Waals surface area (Å²) < 4.78 is 4.39. The number of aliphatic hydroxyl groups excluding tert-OH is 1. The third kappa shape index (κ3) is 2.30. The van der Waals surface area contributed by atoms with Crippen molar-refractivity contribution in [3.05, 3.63) is 11.8 Å². The third-order valence-corrected chi connectivity index (χ3v) is 0.777. The van der Waals surface area contributed by atoms with E-state index in [1.54, 1.807) is 6.92 Å². The van der Waals surface area contributed by atoms with Crippen LogP contribution in [0.15, 0.2) is 11.8 Å². The molecule has 4 heteroatoms. The highest BCUT2D eigenvalue weighted by molar-refractivity contribution is 6.07. The van der Waals surface area contributed by atoms with Crippen LogP contribution in [0, 0.1) is 0 Å². The van der Waals surface area contributed by atoms with E-state index in [4.69, 9.17) is 5.11 Å². The van der Waals surface area contributed by atoms with E-state index in [9.17, 15) is 9.59 Å². The molecular formula is C6H8O4. The first-order chi connectivity index (χ1) is 4.76. The van der Waals surface area contributed by atoms with Crippen LogP contribution in [-0.4, -0.2) is 24.0 Å². The third-order valence-electron chi connectivity index (χ3n) is 0.777. The molecule has 56 valence electrons. The Morgan fingerprint density at radius 1 is 1.70 bits per heavy atom. The fourth-order valence-corrected chi connectivity index (χ4v) is 0.346. The number of rotatable bonds is 3. The molecule has 0 aromatic rings. The molecule has 0 aliphatic carbocycles. The van der Waals surface area contributed by atoms with Gasteiger partial charge >= 0.3 is 5.97 Å². The average molecular weight is 144 g/mol. The van der Waals surface area contributed by atoms with Crippen molar-refractivity contribution in [2.75, 3.05) is 6.61 Å². The smallest absolute Gasteiger partial charge is 0.344 e. The first-order valence-electron chi connectivity index (χ1n) is 2.73. The maximum absolute atomic E-state index is 10.5. The molecular weight excluding hydrogens is 136 g/mol. The Hall–Kier alpha value is -1.32. The number of carbonyl (C=O) groups is 2. The van der Waals surface area contributed by atoms with Gasteiger partial charge in [-0.3, -0.25) is 4.79 Å². The van der Waals surface area contributed by atoms with Gasteiger partial charge in [-0.1, -0.05) is 0 Å². The predicted molar refractivity (Wildman–Crippen MR) is 33.4 cm³/mol. The summed E-state index contributed by atoms with van der Waals surface area (Å²) in [6.07, 6.45) is 0.656. The molecule has 0 rings (SSSR count). The Morgan fingerprint density at radius 3 is 2.60 bits per heavy atom. The minimum absolute atomic E-state index is 0.185. The second-order valence-electron chi connectivity index (χ2n) is 1.42. The Bertz CT molecular complexity index is 159. The minimum Gasteiger partial charge on any atom is -0.515 e. The van der Waals surface area contributed by atoms with Gasteiger partial charge < -0.3 is 9.84 Å². The first-order valence-corrected chi connectivity index (χ1v) is 2.73. The quantitative estimate of drug-likeness (QED) is 0.153. The van der Waals surface area contributed by atoms with Crippen LogP contribution in [0.5, 0.6) is 0 Å². The normalized spacial score (nSPS) is 10.7. The van der Waals surface area contributed by atoms with E-state index < -0.39 is 5.97 Å². The lowest BCUT2D eigenvalue weighted by atomic mass is 10.3. The van der Waals surface area contributed by atoms with Crippen LogP contribution in [0.25, 0.3) is 0 Å². The fraction of sp³-hybridized carbons (Fsp3) is 0.333. The lowest BCUT2D eigenvalue weighted by Crippen LogP contribution is -2.08. The molecule has 0 bridgehead atoms. The molecule has 0 amide bonds. The van der Waals surface area contributed by atoms with Gasteiger partial charge in [0, 0.05) is 0 Å². The van der Waals surface area contributed by atoms with E-state index in [2.05, 4.69) is 4.74 Å². The molecule has 0 saturated heterocycles. The molecule has 0 heterocycles. The van der Waals surface area contributed by atoms with Crippen molar-refractivity contribution in [3.63, 3.8) is 0 Å². The van der Waals surface area contributed by atoms with E-state index in [1.165, 1.54) is 0 Å². The first kappa shape index (κ1) is 8.68. The van der Waals surface area contributed by atoms with Crippen molar-refractivity contribution in [2.45, 2.75) is 6.92 Å². The van der Waals surface area contributed by atoms with Crippen LogP contribution in [0.1, 0.15) is 6.92 Å². The van der Waals surface area contributed by atoms with Crippen molar-refractivity contribution < 1.29 is 19.4 Å². The summed E-state index contributed by atoms with van der Waals surface area (Å²) in [5, 5.41) is 8.23. The molecule has 0 saturated carbocycles. The Balaban J connectivity index is 4.04. The molecule has 0 fully saturated rings. The monoisotopic (exact) mass is 144 g/mol. The summed E-state index contributed by atoms with van der Waals surface area (Å²) in [5.74, 6) is -0.806. The van der Waals surface area contributed by atoms with Crippen molar-refractivity contribution >= 4 is 12.3 Å². The summed E-state index contributed by atoms with van der Waals surface area (Å²) in [6.45, 7) is 1.79. The molecule has 0 atom stereocenters. The SMILES string of the molecule is CCOC(=O)/C(C=O)=C\O. The molecule has 1 N–H and O–H groups in total. The van der Waals surface area contributed by atoms with Gasteiger partial charge in [0.05, 0.1) is 12.9 Å². The Morgan fingerprint density at radius 2 is 2.30 bits per heavy atom. The number of hydrogen-bond acceptors (Lipinski definition) is 4. The fourth-order valence-electron chi connectivity index (χ4n) is 0.346. The number of esters is 1. The highest BCUT2D eigenvalue weighted by atomic mass is 16.5. The average Bonchev–Trinajstić information content (AvgIpc) is 1.91. The molecule has 0 unspecified atom stereocenters. The van der Waals surface area contributed by atoms with E-state index in [1.807, 2.05) is 0 Å². The number of carbonyl (C=O) groups excluding carboxylic acids is 2. The van der Waals surface area contributed by atoms with Crippen LogP contribution in [0.2, 0.25) is 0 Å². The number of hydrogen-bond donors (Lipinski definition) is 1. The topological polar surface area (TPSA) is 63.6 Å². The zero-order valence-electron chi connectivity index (χ0n) is 5.53. The summed E-state index contributed by atoms with van der Waals surface area (Å²) in [4.78, 5) is 20.4. The number of aldehydes is 1. The predicted octanol–water partition coefficient (Wildman–Crippen LogP) is 0.190. The molecule has 0 aliphatic heterocycles. The van der Waals surface area contributed by atoms with Gasteiger partial charge in [0.15, 0.2) is 6.29 Å². The molecule has 10 heavy (non-hydrogen) atoms. The van der Waals surface area contributed by atoms with Gasteiger partial charge in [-0.25, -0.2) is 4.79 Å². The highest BCUT2D eigenvalue weighted by Crippen LogP contribution is 1.91. The maximum Gasteiger partial charge on any atom is 0.344 e. The van der Waals surface area contributed by atoms with E-state index in [-0.39, 0.29) is 18.5 Å². The molecule has 0 aromatic heterocycles. The summed E-state index contributed by atoms with van der Waals surface area (Å²) in [7, 11) is 0. The summed E-state index contributed by atoms with van der Waals surface area (Å²) >= 11 is 0. The van der Waals surface area contributed by atoms with Crippen LogP contribution in [-0.2, 0) is 14.3 Å². The summed E-state index contributed by atoms with van der Waals surface area (Å²) in [5.41, 5.74) is -0.373. The molecule has 4 nitrogen and oxygen atoms in total. The van der Waals surface area contributed by atoms with Crippen molar-refractivity contribution in [1.82, 2.24) is 0 Å². The largest absolute Gasteiger partial charge is 0.515 e. The Labute approximate surface area is 58.1 Å². The zero-order chi connectivity index (χ0) is 7.98. The van der Waals surface area contributed by atoms with Crippen LogP contribution in [0.3, 0.4) is 0 Å². The number of ether oxygens (including phenoxy) is 1. The lowest BCUT2D eigenvalue weighted by Gasteiger charge is -1.96. The second-order valence-corrected chi connectivity index (χ2v) is 1.42. The van der Waals surface area contributed by atoms with Crippen molar-refractivity contribution in [3.8, 4) is 0 Å². The summed E-state index contributed by atoms with van der Waals surface area (Å²) in [6, 6.07) is 0. The minimum atomic E-state index is -0.806. The van der Waals surface area contributed by atoms with Crippen LogP contribution < -0.4 is 0 Å². The standard InChI is InChI=1S/C6H8O4/c1-2-10-6(9)5(3-7)4-8/h3-4,7H,2H2,1H3/b5-3-. The van der Waals surface area contributed by atoms with E-state index in [0.717, 1.165) is 0 Å². The van der Waals surface area contributed by atoms with Crippen molar-refractivity contribution in [1.29, 1.82) is 0 Å². The maximum atomic E-state index is 10.5. The van der Waals surface area contributed by atoms with Gasteiger partial charge in [-0.05, 0) is 6.92 Å². The zero-order valence-corrected chi connectivity index (χ0v) is 5.53. The van der Waals surface area contributed by atoms with Gasteiger partial charge in [-0.2, -0.15) is 0 Å². The molecule has 0 radical (unpaired) electrons. The van der Waals surface area contributed by atoms with Crippen molar-refractivity contribution in [2.24, 2.45) is 0 Å². The number of aliphatic hydroxyl groups is 1. The van der Waals surface area contributed by atoms with Gasteiger partial charge in [0.25, 0.3) is 0 Å². The Kier molecular flexibility index (Phi) is 3.95. The molecule has 0 aromatic carbocycles. The highest BCUT2D eigenvalue weighted by Gasteiger charge is 2.07. The van der Waals surface area contributed by atoms with Crippen LogP contribution >= 0.6 is 0 Å². The van der Waals surface area contributed by atoms with E-state index >= 15 is 0 Å².